The Morgan fingerprint density at radius 3 is 1.14 bits per heavy atom. The molecule has 0 aromatic rings. The monoisotopic (exact) mass is 1630 g/mol. The van der Waals surface area contributed by atoms with Gasteiger partial charge in [-0.1, -0.05) is 65.7 Å². The molecule has 6 aliphatic heterocycles. The summed E-state index contributed by atoms with van der Waals surface area (Å²) in [6, 6.07) is -0.573. The number of esters is 2. The molecule has 0 spiro atoms. The highest BCUT2D eigenvalue weighted by atomic mass is 16.7. The molecule has 6 fully saturated rings. The third-order valence-electron chi connectivity index (χ3n) is 25.1. The number of amides is 1. The molecule has 6 saturated heterocycles. The SMILES string of the molecule is CCC1OC(=O)[C@H](C)C(OC2CC(C)(OC)C(O)C(C)O2)C(C)C(OC2OCCC(N(C)C)C2O)[C@](C)(OC)CC(C)/C(=N\OCC(=O)NC)[C@H](C)[C@@H](O)[C@]1(C)O.CCC1OC(=O)[C@H](C)C(OC2CC(C)(OC)C(O)C(C)O2)C(C)C(OC2OCCC(N(C)C)C2O)[C@](C)(OC)CC(C)/C(=N\OCC(=O)O)[C@H](C)[C@@H](O)[C@]1(C)O. The van der Waals surface area contributed by atoms with Crippen LogP contribution in [0.1, 0.15) is 176 Å². The molecule has 0 aromatic heterocycles. The van der Waals surface area contributed by atoms with E-state index in [0.717, 1.165) is 0 Å². The van der Waals surface area contributed by atoms with Gasteiger partial charge in [0.2, 0.25) is 6.61 Å². The van der Waals surface area contributed by atoms with E-state index in [9.17, 15) is 65.1 Å². The average Bonchev–Trinajstić information content (AvgIpc) is 0.776. The van der Waals surface area contributed by atoms with E-state index in [2.05, 4.69) is 15.6 Å². The molecule has 6 rings (SSSR count). The van der Waals surface area contributed by atoms with Crippen molar-refractivity contribution in [3.05, 3.63) is 0 Å². The third-order valence-corrected chi connectivity index (χ3v) is 25.1. The van der Waals surface area contributed by atoms with E-state index in [1.165, 1.54) is 49.3 Å². The Morgan fingerprint density at radius 2 is 0.841 bits per heavy atom. The Kier molecular flexibility index (Phi) is 37.2. The van der Waals surface area contributed by atoms with Gasteiger partial charge in [0.15, 0.2) is 31.8 Å². The van der Waals surface area contributed by atoms with Crippen LogP contribution in [0.2, 0.25) is 0 Å². The zero-order chi connectivity index (χ0) is 85.7. The highest BCUT2D eigenvalue weighted by molar-refractivity contribution is 5.89. The van der Waals surface area contributed by atoms with Crippen molar-refractivity contribution in [1.82, 2.24) is 15.1 Å². The van der Waals surface area contributed by atoms with E-state index in [1.54, 1.807) is 76.2 Å². The number of likely N-dealkylation sites (N-methyl/N-ethyl adjacent to an activating group) is 3. The van der Waals surface area contributed by atoms with Crippen LogP contribution < -0.4 is 5.32 Å². The number of nitrogens with zero attached hydrogens (tertiary/aromatic N) is 4. The molecule has 6 heterocycles. The Morgan fingerprint density at radius 1 is 0.504 bits per heavy atom. The van der Waals surface area contributed by atoms with Crippen LogP contribution in [0.15, 0.2) is 10.3 Å². The topological polar surface area (TPSA) is 441 Å². The minimum atomic E-state index is -2.01. The van der Waals surface area contributed by atoms with Gasteiger partial charge >= 0.3 is 17.9 Å². The smallest absolute Gasteiger partial charge is 0.344 e. The lowest BCUT2D eigenvalue weighted by molar-refractivity contribution is -0.314. The summed E-state index contributed by atoms with van der Waals surface area (Å²) in [5.41, 5.74) is -8.08. The lowest BCUT2D eigenvalue weighted by Gasteiger charge is -2.49. The normalized spacial score (nSPS) is 45.3. The summed E-state index contributed by atoms with van der Waals surface area (Å²) in [4.78, 5) is 66.7. The summed E-state index contributed by atoms with van der Waals surface area (Å²) in [5, 5.41) is 113. The summed E-state index contributed by atoms with van der Waals surface area (Å²) in [7, 11) is 14.9. The van der Waals surface area contributed by atoms with E-state index in [0.29, 0.717) is 31.8 Å². The van der Waals surface area contributed by atoms with Crippen molar-refractivity contribution in [3.8, 4) is 0 Å². The van der Waals surface area contributed by atoms with Gasteiger partial charge in [-0.25, -0.2) is 4.79 Å². The van der Waals surface area contributed by atoms with Crippen LogP contribution in [-0.2, 0) is 95.2 Å². The standard InChI is InChI=1S/C40H73N3O14.C39H70N2O15/c1-15-27-40(9,49)33(46)22(3)30(42-53-20-28(44)41-10)21(2)18-39(8,51-14)35(57-37-31(45)26(43(11)12)16-17-52-37)23(4)32(24(5)36(48)55-27)56-29-19-38(7,50-13)34(47)25(6)54-29;1-14-26-39(9,48)32(45)21(3)29(40-52-19-27(42)43)20(2)17-38(8,50-13)34(56-36-30(44)25(41(10)11)15-16-51-36)22(4)31(23(5)35(47)54-26)55-28-18-37(7,49-12)33(46)24(6)53-28/h21-27,29,31-35,37,45-47,49H,15-20H2,1-14H3,(H,41,44);20-26,28,30-34,36,44-46,48H,14-19H2,1-13H3,(H,42,43)/b42-30+;40-29+/t21?,22-,23?,24+,25?,26?,27?,29?,31?,32?,33+,34?,35?,37?,38?,39+,40+;20?,21-,22?,23+,24?,25?,26?,28?,30?,31?,32+,33?,34?,36?,37?,38+,39+/m00/s1. The summed E-state index contributed by atoms with van der Waals surface area (Å²) in [5.74, 6) is -9.63. The van der Waals surface area contributed by atoms with Gasteiger partial charge in [-0.2, -0.15) is 0 Å². The van der Waals surface area contributed by atoms with E-state index in [-0.39, 0.29) is 56.3 Å². The molecule has 0 saturated carbocycles. The number of nitrogens with one attached hydrogen (secondary N) is 1. The first-order valence-electron chi connectivity index (χ1n) is 40.0. The minimum Gasteiger partial charge on any atom is -0.479 e. The number of hydrogen-bond donors (Lipinski definition) is 10. The molecule has 658 valence electrons. The fraction of sp³-hybridized carbons (Fsp3) is 0.924. The zero-order valence-corrected chi connectivity index (χ0v) is 72.1. The lowest BCUT2D eigenvalue weighted by atomic mass is 9.73. The van der Waals surface area contributed by atoms with Gasteiger partial charge < -0.3 is 137 Å². The number of cyclic esters (lactones) is 2. The van der Waals surface area contributed by atoms with E-state index >= 15 is 0 Å². The maximum absolute atomic E-state index is 14.4. The maximum atomic E-state index is 14.4. The van der Waals surface area contributed by atoms with Gasteiger partial charge in [0.05, 0.1) is 108 Å². The summed E-state index contributed by atoms with van der Waals surface area (Å²) >= 11 is 0. The molecule has 0 bridgehead atoms. The van der Waals surface area contributed by atoms with Gasteiger partial charge in [-0.05, 0) is 136 Å². The number of ether oxygens (including phenoxy) is 14. The van der Waals surface area contributed by atoms with Gasteiger partial charge in [0, 0.05) is 95.9 Å². The van der Waals surface area contributed by atoms with Crippen molar-refractivity contribution in [1.29, 1.82) is 0 Å². The summed E-state index contributed by atoms with van der Waals surface area (Å²) in [6.45, 7) is 30.2. The number of aliphatic hydroxyl groups excluding tert-OH is 6. The molecular formula is C79H143N5O29. The highest BCUT2D eigenvalue weighted by Crippen LogP contribution is 2.45. The van der Waals surface area contributed by atoms with Crippen LogP contribution in [0.5, 0.6) is 0 Å². The lowest BCUT2D eigenvalue weighted by Crippen LogP contribution is -2.61. The Hall–Kier alpha value is -4.06. The van der Waals surface area contributed by atoms with Crippen molar-refractivity contribution in [2.75, 3.05) is 90.1 Å². The predicted octanol–water partition coefficient (Wildman–Crippen LogP) is 3.54. The molecule has 0 aromatic carbocycles. The molecule has 24 unspecified atom stereocenters. The fourth-order valence-electron chi connectivity index (χ4n) is 17.5. The second-order valence-corrected chi connectivity index (χ2v) is 34.1. The number of hydrogen-bond acceptors (Lipinski definition) is 32. The van der Waals surface area contributed by atoms with E-state index < -0.39 is 229 Å². The molecule has 34 atom stereocenters. The predicted molar refractivity (Wildman–Crippen MR) is 411 cm³/mol. The number of aliphatic hydroxyl groups is 8. The zero-order valence-electron chi connectivity index (χ0n) is 72.1. The maximum Gasteiger partial charge on any atom is 0.344 e. The average molecular weight is 1630 g/mol. The Bertz CT molecular complexity index is 3050. The fourth-order valence-corrected chi connectivity index (χ4v) is 17.5. The number of methoxy groups -OCH3 is 4. The number of carbonyl (C=O) groups is 4. The van der Waals surface area contributed by atoms with Crippen LogP contribution in [0.25, 0.3) is 0 Å². The number of carboxylic acid groups (broad SMARTS) is 1. The second kappa shape index (κ2) is 42.2. The van der Waals surface area contributed by atoms with E-state index in [4.69, 9.17) is 76.0 Å². The Labute approximate surface area is 669 Å². The number of oxime groups is 2. The molecule has 34 heteroatoms. The number of carbonyl (C=O) groups excluding carboxylic acids is 3. The molecular weight excluding hydrogens is 1480 g/mol. The molecule has 1 amide bonds. The largest absolute Gasteiger partial charge is 0.479 e. The van der Waals surface area contributed by atoms with Crippen LogP contribution in [0, 0.1) is 47.3 Å². The van der Waals surface area contributed by atoms with Crippen molar-refractivity contribution in [3.63, 3.8) is 0 Å². The van der Waals surface area contributed by atoms with Crippen LogP contribution >= 0.6 is 0 Å². The van der Waals surface area contributed by atoms with Crippen molar-refractivity contribution in [2.45, 2.75) is 332 Å². The molecule has 0 radical (unpaired) electrons. The third kappa shape index (κ3) is 23.7. The van der Waals surface area contributed by atoms with Crippen LogP contribution in [0.4, 0.5) is 0 Å². The van der Waals surface area contributed by atoms with Gasteiger partial charge in [-0.3, -0.25) is 14.4 Å². The number of carboxylic acids is 1. The van der Waals surface area contributed by atoms with Gasteiger partial charge in [0.25, 0.3) is 5.91 Å². The highest BCUT2D eigenvalue weighted by Gasteiger charge is 2.57. The summed E-state index contributed by atoms with van der Waals surface area (Å²) in [6.07, 6.45) is -17.2. The molecule has 6 aliphatic rings. The van der Waals surface area contributed by atoms with Crippen molar-refractivity contribution in [2.24, 2.45) is 57.7 Å². The Balaban J connectivity index is 0.000000404. The minimum absolute atomic E-state index is 0.103. The molecule has 34 nitrogen and oxygen atoms in total. The first-order valence-corrected chi connectivity index (χ1v) is 40.0. The van der Waals surface area contributed by atoms with Crippen molar-refractivity contribution < 1.29 is 141 Å². The molecule has 10 N–H and O–H groups in total. The quantitative estimate of drug-likeness (QED) is 0.0547. The van der Waals surface area contributed by atoms with Crippen LogP contribution in [0.3, 0.4) is 0 Å². The van der Waals surface area contributed by atoms with Crippen LogP contribution in [-0.4, -0.2) is 337 Å². The number of aliphatic carboxylic acids is 1. The first-order chi connectivity index (χ1) is 52.5. The second-order valence-electron chi connectivity index (χ2n) is 34.1. The molecule has 0 aliphatic carbocycles. The number of rotatable bonds is 22. The first kappa shape index (κ1) is 99.5. The van der Waals surface area contributed by atoms with Gasteiger partial charge in [0.1, 0.15) is 47.8 Å². The van der Waals surface area contributed by atoms with Crippen molar-refractivity contribution >= 4 is 35.2 Å². The summed E-state index contributed by atoms with van der Waals surface area (Å²) < 4.78 is 88.0. The molecule has 113 heavy (non-hydrogen) atoms. The van der Waals surface area contributed by atoms with E-state index in [1.807, 2.05) is 72.6 Å². The van der Waals surface area contributed by atoms with Gasteiger partial charge in [-0.15, -0.1) is 0 Å².